The Morgan fingerprint density at radius 2 is 2.05 bits per heavy atom. The summed E-state index contributed by atoms with van der Waals surface area (Å²) in [5, 5.41) is 15.1. The standard InChI is InChI=1S/C11H11N5O3/c12-10(15-19)8-3-1-7(2-4-8)6-16-11(18)14-9(17)5-13-16/h1-5,19H,6H2,(H2,12,15)(H,14,17,18). The van der Waals surface area contributed by atoms with E-state index < -0.39 is 11.2 Å². The van der Waals surface area contributed by atoms with Crippen molar-refractivity contribution in [3.05, 3.63) is 62.4 Å². The number of H-pyrrole nitrogens is 1. The number of oxime groups is 1. The highest BCUT2D eigenvalue weighted by molar-refractivity contribution is 5.96. The molecule has 0 bridgehead atoms. The molecule has 2 rings (SSSR count). The van der Waals surface area contributed by atoms with Crippen LogP contribution in [0.4, 0.5) is 0 Å². The smallest absolute Gasteiger partial charge is 0.345 e. The third-order valence-corrected chi connectivity index (χ3v) is 2.47. The molecule has 98 valence electrons. The Morgan fingerprint density at radius 3 is 2.63 bits per heavy atom. The Kier molecular flexibility index (Phi) is 3.42. The molecule has 0 aliphatic carbocycles. The molecule has 0 radical (unpaired) electrons. The first-order valence-corrected chi connectivity index (χ1v) is 5.33. The quantitative estimate of drug-likeness (QED) is 0.285. The van der Waals surface area contributed by atoms with E-state index in [0.717, 1.165) is 16.4 Å². The molecule has 0 aliphatic rings. The second-order valence-electron chi connectivity index (χ2n) is 3.78. The van der Waals surface area contributed by atoms with Crippen molar-refractivity contribution < 1.29 is 5.21 Å². The maximum Gasteiger partial charge on any atom is 0.345 e. The Morgan fingerprint density at radius 1 is 1.37 bits per heavy atom. The predicted molar refractivity (Wildman–Crippen MR) is 67.2 cm³/mol. The number of hydrogen-bond acceptors (Lipinski definition) is 5. The van der Waals surface area contributed by atoms with Gasteiger partial charge >= 0.3 is 5.69 Å². The molecular weight excluding hydrogens is 250 g/mol. The van der Waals surface area contributed by atoms with E-state index in [1.54, 1.807) is 24.3 Å². The van der Waals surface area contributed by atoms with Gasteiger partial charge in [0.1, 0.15) is 6.20 Å². The second-order valence-corrected chi connectivity index (χ2v) is 3.78. The van der Waals surface area contributed by atoms with Crippen molar-refractivity contribution in [2.45, 2.75) is 6.54 Å². The largest absolute Gasteiger partial charge is 0.409 e. The van der Waals surface area contributed by atoms with Crippen LogP contribution in [0.15, 0.2) is 45.2 Å². The number of aromatic amines is 1. The van der Waals surface area contributed by atoms with Crippen LogP contribution in [0.2, 0.25) is 0 Å². The van der Waals surface area contributed by atoms with Gasteiger partial charge in [0.15, 0.2) is 5.84 Å². The van der Waals surface area contributed by atoms with Gasteiger partial charge in [0.2, 0.25) is 0 Å². The van der Waals surface area contributed by atoms with Crippen LogP contribution >= 0.6 is 0 Å². The zero-order valence-electron chi connectivity index (χ0n) is 9.78. The molecule has 0 saturated carbocycles. The Bertz CT molecular complexity index is 714. The zero-order chi connectivity index (χ0) is 13.8. The summed E-state index contributed by atoms with van der Waals surface area (Å²) in [6.45, 7) is 0.214. The Labute approximate surface area is 106 Å². The minimum atomic E-state index is -0.576. The lowest BCUT2D eigenvalue weighted by atomic mass is 10.1. The van der Waals surface area contributed by atoms with Gasteiger partial charge in [0.25, 0.3) is 5.56 Å². The van der Waals surface area contributed by atoms with Crippen LogP contribution in [0, 0.1) is 0 Å². The first-order chi connectivity index (χ1) is 9.10. The van der Waals surface area contributed by atoms with Crippen molar-refractivity contribution in [2.75, 3.05) is 0 Å². The van der Waals surface area contributed by atoms with Gasteiger partial charge in [-0.3, -0.25) is 9.78 Å². The molecule has 1 aromatic carbocycles. The summed E-state index contributed by atoms with van der Waals surface area (Å²) in [6, 6.07) is 6.74. The highest BCUT2D eigenvalue weighted by Crippen LogP contribution is 2.04. The van der Waals surface area contributed by atoms with E-state index in [9.17, 15) is 9.59 Å². The first kappa shape index (κ1) is 12.6. The van der Waals surface area contributed by atoms with E-state index in [0.29, 0.717) is 5.56 Å². The van der Waals surface area contributed by atoms with E-state index in [1.807, 2.05) is 0 Å². The van der Waals surface area contributed by atoms with Gasteiger partial charge in [-0.15, -0.1) is 0 Å². The van der Waals surface area contributed by atoms with Crippen molar-refractivity contribution in [2.24, 2.45) is 10.9 Å². The summed E-state index contributed by atoms with van der Waals surface area (Å²) >= 11 is 0. The van der Waals surface area contributed by atoms with Crippen molar-refractivity contribution >= 4 is 5.84 Å². The van der Waals surface area contributed by atoms with Gasteiger partial charge in [0, 0.05) is 5.56 Å². The maximum atomic E-state index is 11.4. The first-order valence-electron chi connectivity index (χ1n) is 5.33. The number of aromatic nitrogens is 3. The molecule has 0 spiro atoms. The number of hydrogen-bond donors (Lipinski definition) is 3. The second kappa shape index (κ2) is 5.17. The average Bonchev–Trinajstić information content (AvgIpc) is 2.42. The van der Waals surface area contributed by atoms with E-state index in [1.165, 1.54) is 0 Å². The summed E-state index contributed by atoms with van der Waals surface area (Å²) in [6.07, 6.45) is 1.03. The fraction of sp³-hybridized carbons (Fsp3) is 0.0909. The lowest BCUT2D eigenvalue weighted by Gasteiger charge is -2.04. The van der Waals surface area contributed by atoms with Crippen molar-refractivity contribution in [3.63, 3.8) is 0 Å². The maximum absolute atomic E-state index is 11.4. The van der Waals surface area contributed by atoms with E-state index in [4.69, 9.17) is 10.9 Å². The molecule has 0 aliphatic heterocycles. The molecule has 19 heavy (non-hydrogen) atoms. The van der Waals surface area contributed by atoms with Crippen LogP contribution in [0.1, 0.15) is 11.1 Å². The summed E-state index contributed by atoms with van der Waals surface area (Å²) in [5.74, 6) is 0.00545. The molecule has 0 unspecified atom stereocenters. The fourth-order valence-electron chi connectivity index (χ4n) is 1.50. The molecule has 1 aromatic heterocycles. The van der Waals surface area contributed by atoms with Gasteiger partial charge in [-0.1, -0.05) is 29.4 Å². The number of nitrogens with zero attached hydrogens (tertiary/aromatic N) is 3. The summed E-state index contributed by atoms with van der Waals surface area (Å²) in [7, 11) is 0. The molecule has 2 aromatic rings. The number of amidine groups is 1. The highest BCUT2D eigenvalue weighted by Gasteiger charge is 2.02. The predicted octanol–water partition coefficient (Wildman–Crippen LogP) is -0.926. The molecule has 0 amide bonds. The zero-order valence-corrected chi connectivity index (χ0v) is 9.78. The van der Waals surface area contributed by atoms with Gasteiger partial charge in [-0.25, -0.2) is 9.48 Å². The van der Waals surface area contributed by atoms with E-state index >= 15 is 0 Å². The molecule has 0 fully saturated rings. The number of benzene rings is 1. The van der Waals surface area contributed by atoms with Crippen LogP contribution in [-0.2, 0) is 6.54 Å². The van der Waals surface area contributed by atoms with Crippen molar-refractivity contribution in [3.8, 4) is 0 Å². The normalized spacial score (nSPS) is 11.5. The molecule has 0 saturated heterocycles. The minimum Gasteiger partial charge on any atom is -0.409 e. The average molecular weight is 261 g/mol. The number of nitrogens with two attached hydrogens (primary N) is 1. The topological polar surface area (TPSA) is 126 Å². The Balaban J connectivity index is 2.24. The van der Waals surface area contributed by atoms with Gasteiger partial charge < -0.3 is 10.9 Å². The highest BCUT2D eigenvalue weighted by atomic mass is 16.4. The van der Waals surface area contributed by atoms with Gasteiger partial charge in [-0.2, -0.15) is 5.10 Å². The lowest BCUT2D eigenvalue weighted by molar-refractivity contribution is 0.318. The number of nitrogens with one attached hydrogen (secondary N) is 1. The molecule has 1 heterocycles. The molecule has 8 heteroatoms. The van der Waals surface area contributed by atoms with Crippen LogP contribution in [-0.4, -0.2) is 25.8 Å². The van der Waals surface area contributed by atoms with E-state index in [-0.39, 0.29) is 12.4 Å². The fourth-order valence-corrected chi connectivity index (χ4v) is 1.50. The van der Waals surface area contributed by atoms with Crippen molar-refractivity contribution in [1.29, 1.82) is 0 Å². The summed E-state index contributed by atoms with van der Waals surface area (Å²) < 4.78 is 1.12. The van der Waals surface area contributed by atoms with E-state index in [2.05, 4.69) is 15.2 Å². The minimum absolute atomic E-state index is 0.00545. The van der Waals surface area contributed by atoms with Crippen LogP contribution in [0.3, 0.4) is 0 Å². The summed E-state index contributed by atoms with van der Waals surface area (Å²) in [4.78, 5) is 24.4. The molecule has 0 atom stereocenters. The molecular formula is C11H11N5O3. The third-order valence-electron chi connectivity index (χ3n) is 2.47. The van der Waals surface area contributed by atoms with Crippen LogP contribution in [0.25, 0.3) is 0 Å². The molecule has 4 N–H and O–H groups in total. The third kappa shape index (κ3) is 2.86. The summed E-state index contributed by atoms with van der Waals surface area (Å²) in [5.41, 5.74) is 5.67. The van der Waals surface area contributed by atoms with Gasteiger partial charge in [-0.05, 0) is 5.56 Å². The Hall–Kier alpha value is -2.90. The molecule has 8 nitrogen and oxygen atoms in total. The van der Waals surface area contributed by atoms with Crippen LogP contribution < -0.4 is 17.0 Å². The van der Waals surface area contributed by atoms with Gasteiger partial charge in [0.05, 0.1) is 6.54 Å². The van der Waals surface area contributed by atoms with Crippen molar-refractivity contribution in [1.82, 2.24) is 14.8 Å². The lowest BCUT2D eigenvalue weighted by Crippen LogP contribution is -2.31. The SMILES string of the molecule is N/C(=N\O)c1ccc(Cn2ncc(=O)[nH]c2=O)cc1. The van der Waals surface area contributed by atoms with Crippen LogP contribution in [0.5, 0.6) is 0 Å². The monoisotopic (exact) mass is 261 g/mol. The number of rotatable bonds is 3.